The number of anilines is 1. The summed E-state index contributed by atoms with van der Waals surface area (Å²) in [5.41, 5.74) is 8.09. The molecule has 5 nitrogen and oxygen atoms in total. The molecule has 0 aliphatic heterocycles. The quantitative estimate of drug-likeness (QED) is 0.640. The number of nitrogens with one attached hydrogen (secondary N) is 1. The Morgan fingerprint density at radius 3 is 2.73 bits per heavy atom. The summed E-state index contributed by atoms with van der Waals surface area (Å²) in [7, 11) is 6.09. The lowest BCUT2D eigenvalue weighted by Crippen LogP contribution is -2.38. The molecule has 0 bridgehead atoms. The third kappa shape index (κ3) is 4.58. The number of hydrogen-bond acceptors (Lipinski definition) is 5. The summed E-state index contributed by atoms with van der Waals surface area (Å²) >= 11 is 1.69. The van der Waals surface area contributed by atoms with Crippen molar-refractivity contribution in [2.45, 2.75) is 57.6 Å². The number of nitrogens with two attached hydrogens (primary N) is 1. The lowest BCUT2D eigenvalue weighted by molar-refractivity contribution is 0.109. The maximum Gasteiger partial charge on any atom is 0.407 e. The normalized spacial score (nSPS) is 20.1. The molecule has 0 saturated heterocycles. The van der Waals surface area contributed by atoms with Crippen LogP contribution in [0.5, 0.6) is 0 Å². The first-order valence-electron chi connectivity index (χ1n) is 9.00. The summed E-state index contributed by atoms with van der Waals surface area (Å²) in [5.74, 6) is 0.433. The van der Waals surface area contributed by atoms with E-state index in [2.05, 4.69) is 10.3 Å². The highest BCUT2D eigenvalue weighted by Crippen LogP contribution is 2.37. The molecule has 1 aliphatic rings. The van der Waals surface area contributed by atoms with E-state index >= 15 is 0 Å². The predicted octanol–water partition coefficient (Wildman–Crippen LogP) is 3.35. The molecular weight excluding hydrogens is 345 g/mol. The summed E-state index contributed by atoms with van der Waals surface area (Å²) in [6, 6.07) is 5.77. The molecule has 7 heteroatoms. The first-order valence-corrected chi connectivity index (χ1v) is 9.82. The van der Waals surface area contributed by atoms with Crippen LogP contribution in [-0.2, 0) is 4.74 Å². The number of carbonyl (C=O) groups excluding carboxylic acids is 1. The van der Waals surface area contributed by atoms with Gasteiger partial charge in [-0.05, 0) is 57.2 Å². The van der Waals surface area contributed by atoms with Gasteiger partial charge in [0.05, 0.1) is 16.0 Å². The molecule has 0 spiro atoms. The number of alkyl carbamates (subject to hydrolysis) is 1. The van der Waals surface area contributed by atoms with Crippen molar-refractivity contribution >= 4 is 36.4 Å². The molecule has 0 atom stereocenters. The number of amides is 1. The highest BCUT2D eigenvalue weighted by molar-refractivity contribution is 7.15. The van der Waals surface area contributed by atoms with Gasteiger partial charge in [-0.25, -0.2) is 9.78 Å². The zero-order valence-electron chi connectivity index (χ0n) is 15.2. The fourth-order valence-electron chi connectivity index (χ4n) is 3.31. The Bertz CT molecular complexity index is 770. The van der Waals surface area contributed by atoms with Crippen molar-refractivity contribution in [3.8, 4) is 10.4 Å². The molecule has 3 N–H and O–H groups in total. The molecule has 26 heavy (non-hydrogen) atoms. The molecular formula is C19H24BN3O2S. The second kappa shape index (κ2) is 8.12. The van der Waals surface area contributed by atoms with Crippen molar-refractivity contribution in [2.24, 2.45) is 0 Å². The van der Waals surface area contributed by atoms with Crippen LogP contribution in [0, 0.1) is 0 Å². The van der Waals surface area contributed by atoms with Crippen LogP contribution in [0.1, 0.15) is 50.5 Å². The van der Waals surface area contributed by atoms with Crippen LogP contribution in [0.2, 0.25) is 0 Å². The van der Waals surface area contributed by atoms with E-state index in [4.69, 9.17) is 18.3 Å². The van der Waals surface area contributed by atoms with Crippen LogP contribution >= 0.6 is 11.3 Å². The van der Waals surface area contributed by atoms with Gasteiger partial charge in [0.1, 0.15) is 7.85 Å². The minimum Gasteiger partial charge on any atom is -0.447 e. The van der Waals surface area contributed by atoms with Gasteiger partial charge >= 0.3 is 6.09 Å². The van der Waals surface area contributed by atoms with Crippen molar-refractivity contribution in [3.63, 3.8) is 0 Å². The van der Waals surface area contributed by atoms with Gasteiger partial charge in [-0.2, -0.15) is 0 Å². The average molecular weight is 369 g/mol. The molecule has 2 aromatic rings. The SMILES string of the molecule is [B]c1cc(N)ccc1-c1cnc(C2CCC(NC(=O)OC(C)C)CC2)s1. The maximum atomic E-state index is 11.7. The number of rotatable bonds is 4. The number of hydrogen-bond donors (Lipinski definition) is 2. The Balaban J connectivity index is 1.59. The molecule has 0 unspecified atom stereocenters. The van der Waals surface area contributed by atoms with Gasteiger partial charge in [0.15, 0.2) is 0 Å². The van der Waals surface area contributed by atoms with Gasteiger partial charge in [-0.15, -0.1) is 11.3 Å². The van der Waals surface area contributed by atoms with E-state index in [1.807, 2.05) is 32.2 Å². The average Bonchev–Trinajstić information content (AvgIpc) is 3.04. The van der Waals surface area contributed by atoms with Gasteiger partial charge in [-0.1, -0.05) is 11.5 Å². The monoisotopic (exact) mass is 369 g/mol. The zero-order chi connectivity index (χ0) is 18.7. The van der Waals surface area contributed by atoms with Crippen molar-refractivity contribution in [1.29, 1.82) is 0 Å². The first kappa shape index (κ1) is 18.8. The number of nitrogens with zero attached hydrogens (tertiary/aromatic N) is 1. The van der Waals surface area contributed by atoms with Gasteiger partial charge < -0.3 is 15.8 Å². The van der Waals surface area contributed by atoms with Crippen LogP contribution in [0.15, 0.2) is 24.4 Å². The fourth-order valence-corrected chi connectivity index (χ4v) is 4.44. The molecule has 1 aliphatic carbocycles. The summed E-state index contributed by atoms with van der Waals surface area (Å²) in [4.78, 5) is 17.4. The molecule has 1 aromatic carbocycles. The van der Waals surface area contributed by atoms with E-state index in [0.29, 0.717) is 17.1 Å². The number of benzene rings is 1. The predicted molar refractivity (Wildman–Crippen MR) is 107 cm³/mol. The van der Waals surface area contributed by atoms with Gasteiger partial charge in [0, 0.05) is 23.8 Å². The van der Waals surface area contributed by atoms with Crippen LogP contribution in [0.25, 0.3) is 10.4 Å². The van der Waals surface area contributed by atoms with E-state index in [9.17, 15) is 4.79 Å². The number of nitrogen functional groups attached to an aromatic ring is 1. The zero-order valence-corrected chi connectivity index (χ0v) is 16.0. The Kier molecular flexibility index (Phi) is 5.86. The number of aromatic nitrogens is 1. The third-order valence-corrected chi connectivity index (χ3v) is 5.80. The Hall–Kier alpha value is -2.02. The smallest absolute Gasteiger partial charge is 0.407 e. The van der Waals surface area contributed by atoms with Crippen molar-refractivity contribution in [2.75, 3.05) is 5.73 Å². The molecule has 136 valence electrons. The van der Waals surface area contributed by atoms with E-state index in [0.717, 1.165) is 41.1 Å². The molecule has 1 fully saturated rings. The minimum absolute atomic E-state index is 0.0964. The molecule has 1 saturated carbocycles. The molecule has 1 amide bonds. The number of carbonyl (C=O) groups is 1. The van der Waals surface area contributed by atoms with Crippen molar-refractivity contribution < 1.29 is 9.53 Å². The topological polar surface area (TPSA) is 77.2 Å². The summed E-state index contributed by atoms with van der Waals surface area (Å²) in [6.07, 6.45) is 5.38. The van der Waals surface area contributed by atoms with E-state index in [1.165, 1.54) is 0 Å². The number of thiazole rings is 1. The Morgan fingerprint density at radius 2 is 2.08 bits per heavy atom. The van der Waals surface area contributed by atoms with Crippen LogP contribution in [0.4, 0.5) is 10.5 Å². The van der Waals surface area contributed by atoms with Gasteiger partial charge in [-0.3, -0.25) is 0 Å². The summed E-state index contributed by atoms with van der Waals surface area (Å²) in [6.45, 7) is 3.70. The highest BCUT2D eigenvalue weighted by atomic mass is 32.1. The van der Waals surface area contributed by atoms with E-state index in [1.54, 1.807) is 17.4 Å². The van der Waals surface area contributed by atoms with Crippen LogP contribution in [-0.4, -0.2) is 31.1 Å². The first-order chi connectivity index (χ1) is 12.4. The van der Waals surface area contributed by atoms with Gasteiger partial charge in [0.25, 0.3) is 0 Å². The van der Waals surface area contributed by atoms with Gasteiger partial charge in [0.2, 0.25) is 0 Å². The van der Waals surface area contributed by atoms with E-state index < -0.39 is 0 Å². The van der Waals surface area contributed by atoms with Crippen molar-refractivity contribution in [3.05, 3.63) is 29.4 Å². The largest absolute Gasteiger partial charge is 0.447 e. The molecule has 2 radical (unpaired) electrons. The third-order valence-electron chi connectivity index (χ3n) is 4.61. The summed E-state index contributed by atoms with van der Waals surface area (Å²) < 4.78 is 5.16. The Morgan fingerprint density at radius 1 is 1.35 bits per heavy atom. The molecule has 1 aromatic heterocycles. The fraction of sp³-hybridized carbons (Fsp3) is 0.474. The number of ether oxygens (including phenoxy) is 1. The summed E-state index contributed by atoms with van der Waals surface area (Å²) in [5, 5.41) is 4.10. The highest BCUT2D eigenvalue weighted by Gasteiger charge is 2.26. The van der Waals surface area contributed by atoms with Crippen LogP contribution < -0.4 is 16.5 Å². The second-order valence-electron chi connectivity index (χ2n) is 7.06. The van der Waals surface area contributed by atoms with Crippen molar-refractivity contribution in [1.82, 2.24) is 10.3 Å². The Labute approximate surface area is 159 Å². The standard InChI is InChI=1S/C19H24BN3O2S/c1-11(2)25-19(24)23-14-6-3-12(4-7-14)18-22-10-17(26-18)15-8-5-13(21)9-16(15)20/h5,8-12,14H,3-4,6-7,21H2,1-2H3,(H,23,24). The van der Waals surface area contributed by atoms with E-state index in [-0.39, 0.29) is 18.2 Å². The molecule has 3 rings (SSSR count). The lowest BCUT2D eigenvalue weighted by atomic mass is 9.86. The van der Waals surface area contributed by atoms with Crippen LogP contribution in [0.3, 0.4) is 0 Å². The molecule has 1 heterocycles. The lowest BCUT2D eigenvalue weighted by Gasteiger charge is -2.28. The minimum atomic E-state index is -0.321. The second-order valence-corrected chi connectivity index (χ2v) is 8.12. The maximum absolute atomic E-state index is 11.7.